The molecule has 0 atom stereocenters. The number of fused-ring (bicyclic) bond motifs is 3. The van der Waals surface area contributed by atoms with Gasteiger partial charge in [-0.05, 0) is 107 Å². The summed E-state index contributed by atoms with van der Waals surface area (Å²) >= 11 is 0. The average molecular weight is 710 g/mol. The molecule has 258 valence electrons. The molecule has 0 aliphatic rings. The summed E-state index contributed by atoms with van der Waals surface area (Å²) in [5.74, 6) is 0.695. The van der Waals surface area contributed by atoms with Crippen LogP contribution in [0.15, 0.2) is 188 Å². The molecule has 2 heterocycles. The zero-order valence-corrected chi connectivity index (χ0v) is 30.2. The monoisotopic (exact) mass is 709 g/mol. The summed E-state index contributed by atoms with van der Waals surface area (Å²) in [5, 5.41) is 16.2. The Labute approximate surface area is 322 Å². The fraction of sp³-hybridized carbons (Fsp3) is 0. The third-order valence-electron chi connectivity index (χ3n) is 11.6. The lowest BCUT2D eigenvalue weighted by Crippen LogP contribution is -1.96. The Morgan fingerprint density at radius 3 is 1.52 bits per heavy atom. The molecule has 0 unspecified atom stereocenters. The summed E-state index contributed by atoms with van der Waals surface area (Å²) < 4.78 is 0. The van der Waals surface area contributed by atoms with E-state index >= 15 is 0 Å². The Hall–Kier alpha value is -7.49. The van der Waals surface area contributed by atoms with Crippen LogP contribution >= 0.6 is 0 Å². The number of aromatic nitrogens is 3. The van der Waals surface area contributed by atoms with E-state index < -0.39 is 0 Å². The van der Waals surface area contributed by atoms with Crippen LogP contribution in [0.5, 0.6) is 0 Å². The number of pyridine rings is 1. The number of para-hydroxylation sites is 1. The second kappa shape index (κ2) is 12.0. The summed E-state index contributed by atoms with van der Waals surface area (Å²) in [4.78, 5) is 15.3. The second-order valence-electron chi connectivity index (χ2n) is 14.8. The van der Waals surface area contributed by atoms with Crippen molar-refractivity contribution < 1.29 is 0 Å². The molecule has 0 spiro atoms. The maximum Gasteiger partial charge on any atom is 0.160 e. The van der Waals surface area contributed by atoms with E-state index in [-0.39, 0.29) is 0 Å². The third-order valence-corrected chi connectivity index (χ3v) is 11.6. The Morgan fingerprint density at radius 2 is 0.804 bits per heavy atom. The molecule has 12 rings (SSSR count). The highest BCUT2D eigenvalue weighted by atomic mass is 14.9. The van der Waals surface area contributed by atoms with Gasteiger partial charge in [-0.2, -0.15) is 0 Å². The first-order valence-corrected chi connectivity index (χ1v) is 19.1. The fourth-order valence-corrected chi connectivity index (χ4v) is 8.98. The molecule has 0 radical (unpaired) electrons. The van der Waals surface area contributed by atoms with E-state index in [2.05, 4.69) is 158 Å². The van der Waals surface area contributed by atoms with Crippen LogP contribution in [0.1, 0.15) is 0 Å². The highest BCUT2D eigenvalue weighted by Gasteiger charge is 2.18. The van der Waals surface area contributed by atoms with Crippen LogP contribution in [0, 0.1) is 0 Å². The Balaban J connectivity index is 1.15. The largest absolute Gasteiger partial charge is 0.256 e. The predicted octanol–water partition coefficient (Wildman–Crippen LogP) is 14.0. The molecule has 56 heavy (non-hydrogen) atoms. The smallest absolute Gasteiger partial charge is 0.160 e. The minimum Gasteiger partial charge on any atom is -0.256 e. The highest BCUT2D eigenvalue weighted by Crippen LogP contribution is 2.44. The number of rotatable bonds is 4. The number of hydrogen-bond acceptors (Lipinski definition) is 3. The minimum atomic E-state index is 0.695. The van der Waals surface area contributed by atoms with Crippen molar-refractivity contribution >= 4 is 75.5 Å². The van der Waals surface area contributed by atoms with Crippen molar-refractivity contribution in [1.82, 2.24) is 15.0 Å². The van der Waals surface area contributed by atoms with E-state index in [1.807, 2.05) is 30.5 Å². The molecule has 0 N–H and O–H groups in total. The molecule has 10 aromatic carbocycles. The first-order valence-electron chi connectivity index (χ1n) is 19.1. The van der Waals surface area contributed by atoms with Gasteiger partial charge in [0.2, 0.25) is 0 Å². The zero-order chi connectivity index (χ0) is 36.7. The van der Waals surface area contributed by atoms with Gasteiger partial charge >= 0.3 is 0 Å². The van der Waals surface area contributed by atoms with Gasteiger partial charge in [0.05, 0.1) is 16.9 Å². The number of benzene rings is 9. The van der Waals surface area contributed by atoms with Gasteiger partial charge in [0, 0.05) is 33.8 Å². The number of hydrogen-bond donors (Lipinski definition) is 0. The highest BCUT2D eigenvalue weighted by molar-refractivity contribution is 6.37. The summed E-state index contributed by atoms with van der Waals surface area (Å²) in [7, 11) is 0. The molecule has 0 saturated carbocycles. The standard InChI is InChI=1S/C53H31N3/c1-2-10-35(11-3-1)53-55-47(38-17-6-16-36(26-38)41-27-37-12-4-5-21-46(37)54-31-41)30-48(56-53)40-28-39-25-24-34-14-8-19-43-42-18-7-13-32-22-23-33-15-9-20-44(51(33)49(32)42)45(29-40)52(39)50(34)43/h1-31H. The first-order chi connectivity index (χ1) is 27.7. The Kier molecular flexibility index (Phi) is 6.63. The summed E-state index contributed by atoms with van der Waals surface area (Å²) in [6.45, 7) is 0. The van der Waals surface area contributed by atoms with E-state index in [1.165, 1.54) is 64.6 Å². The quantitative estimate of drug-likeness (QED) is 0.171. The molecule has 0 fully saturated rings. The molecule has 3 heteroatoms. The molecule has 0 saturated heterocycles. The van der Waals surface area contributed by atoms with Gasteiger partial charge in [-0.25, -0.2) is 9.97 Å². The predicted molar refractivity (Wildman–Crippen MR) is 235 cm³/mol. The van der Waals surface area contributed by atoms with Crippen molar-refractivity contribution in [3.05, 3.63) is 188 Å². The van der Waals surface area contributed by atoms with Crippen LogP contribution in [-0.2, 0) is 0 Å². The van der Waals surface area contributed by atoms with E-state index in [0.29, 0.717) is 5.82 Å². The van der Waals surface area contributed by atoms with E-state index in [9.17, 15) is 0 Å². The van der Waals surface area contributed by atoms with Crippen LogP contribution in [-0.4, -0.2) is 15.0 Å². The fourth-order valence-electron chi connectivity index (χ4n) is 8.98. The van der Waals surface area contributed by atoms with Crippen LogP contribution < -0.4 is 0 Å². The maximum atomic E-state index is 5.32. The van der Waals surface area contributed by atoms with E-state index in [1.54, 1.807) is 0 Å². The van der Waals surface area contributed by atoms with Gasteiger partial charge in [-0.3, -0.25) is 4.98 Å². The molecule has 0 aliphatic heterocycles. The van der Waals surface area contributed by atoms with Gasteiger partial charge in [-0.1, -0.05) is 146 Å². The van der Waals surface area contributed by atoms with Crippen LogP contribution in [0.4, 0.5) is 0 Å². The molecule has 0 amide bonds. The lowest BCUT2D eigenvalue weighted by molar-refractivity contribution is 1.18. The molecule has 2 aromatic heterocycles. The lowest BCUT2D eigenvalue weighted by atomic mass is 9.87. The molecular weight excluding hydrogens is 679 g/mol. The topological polar surface area (TPSA) is 38.7 Å². The SMILES string of the molecule is c1ccc(-c2nc(-c3cccc(-c4cnc5ccccc5c4)c3)cc(-c3cc4ccc5cccc6c7cccc8ccc9cccc(c(c3)c4c56)c9c87)n2)cc1. The van der Waals surface area contributed by atoms with Crippen molar-refractivity contribution in [2.45, 2.75) is 0 Å². The molecule has 3 nitrogen and oxygen atoms in total. The number of nitrogens with zero attached hydrogens (tertiary/aromatic N) is 3. The van der Waals surface area contributed by atoms with Gasteiger partial charge in [0.25, 0.3) is 0 Å². The van der Waals surface area contributed by atoms with Crippen molar-refractivity contribution in [2.24, 2.45) is 0 Å². The van der Waals surface area contributed by atoms with Crippen LogP contribution in [0.2, 0.25) is 0 Å². The van der Waals surface area contributed by atoms with E-state index in [0.717, 1.165) is 50.1 Å². The second-order valence-corrected chi connectivity index (χ2v) is 14.8. The lowest BCUT2D eigenvalue weighted by Gasteiger charge is -2.17. The Morgan fingerprint density at radius 1 is 0.286 bits per heavy atom. The summed E-state index contributed by atoms with van der Waals surface area (Å²) in [6, 6.07) is 65.6. The van der Waals surface area contributed by atoms with Crippen molar-refractivity contribution in [3.63, 3.8) is 0 Å². The Bertz CT molecular complexity index is 3530. The third kappa shape index (κ3) is 4.74. The average Bonchev–Trinajstić information content (AvgIpc) is 3.27. The van der Waals surface area contributed by atoms with Crippen molar-refractivity contribution in [2.75, 3.05) is 0 Å². The first kappa shape index (κ1) is 30.9. The zero-order valence-electron chi connectivity index (χ0n) is 30.2. The van der Waals surface area contributed by atoms with Gasteiger partial charge < -0.3 is 0 Å². The van der Waals surface area contributed by atoms with Gasteiger partial charge in [0.1, 0.15) is 0 Å². The molecule has 0 bridgehead atoms. The molecule has 12 aromatic rings. The maximum absolute atomic E-state index is 5.32. The summed E-state index contributed by atoms with van der Waals surface area (Å²) in [5.41, 5.74) is 7.96. The normalized spacial score (nSPS) is 11.9. The van der Waals surface area contributed by atoms with E-state index in [4.69, 9.17) is 15.0 Å². The summed E-state index contributed by atoms with van der Waals surface area (Å²) in [6.07, 6.45) is 1.96. The van der Waals surface area contributed by atoms with Gasteiger partial charge in [0.15, 0.2) is 5.82 Å². The van der Waals surface area contributed by atoms with Crippen molar-refractivity contribution in [1.29, 1.82) is 0 Å². The van der Waals surface area contributed by atoms with Crippen LogP contribution in [0.3, 0.4) is 0 Å². The molecular formula is C53H31N3. The van der Waals surface area contributed by atoms with Gasteiger partial charge in [-0.15, -0.1) is 0 Å². The molecule has 0 aliphatic carbocycles. The van der Waals surface area contributed by atoms with Crippen molar-refractivity contribution in [3.8, 4) is 45.0 Å². The minimum absolute atomic E-state index is 0.695. The van der Waals surface area contributed by atoms with Crippen LogP contribution in [0.25, 0.3) is 121 Å².